The lowest BCUT2D eigenvalue weighted by Crippen LogP contribution is -2.48. The van der Waals surface area contributed by atoms with Gasteiger partial charge in [-0.25, -0.2) is 9.78 Å². The summed E-state index contributed by atoms with van der Waals surface area (Å²) in [5, 5.41) is 7.95. The van der Waals surface area contributed by atoms with Crippen LogP contribution in [0.15, 0.2) is 11.6 Å². The highest BCUT2D eigenvalue weighted by molar-refractivity contribution is 7.13. The Hall–Kier alpha value is -1.18. The molecule has 1 aliphatic heterocycles. The number of hydrogen-bond acceptors (Lipinski definition) is 5. The topological polar surface area (TPSA) is 66.5 Å². The molecule has 7 heteroatoms. The van der Waals surface area contributed by atoms with Crippen molar-refractivity contribution in [2.24, 2.45) is 5.92 Å². The zero-order valence-electron chi connectivity index (χ0n) is 12.0. The van der Waals surface area contributed by atoms with Gasteiger partial charge in [0.05, 0.1) is 12.7 Å². The molecule has 0 aromatic carbocycles. The Labute approximate surface area is 123 Å². The van der Waals surface area contributed by atoms with E-state index in [4.69, 9.17) is 4.74 Å². The van der Waals surface area contributed by atoms with E-state index in [0.29, 0.717) is 17.6 Å². The summed E-state index contributed by atoms with van der Waals surface area (Å²) < 4.78 is 5.68. The van der Waals surface area contributed by atoms with E-state index in [0.717, 1.165) is 26.2 Å². The minimum absolute atomic E-state index is 0.0598. The molecule has 6 nitrogen and oxygen atoms in total. The van der Waals surface area contributed by atoms with Crippen LogP contribution in [0.25, 0.3) is 0 Å². The van der Waals surface area contributed by atoms with E-state index in [1.165, 1.54) is 11.3 Å². The van der Waals surface area contributed by atoms with Gasteiger partial charge in [-0.1, -0.05) is 13.8 Å². The molecule has 0 bridgehead atoms. The zero-order chi connectivity index (χ0) is 14.4. The number of carbonyl (C=O) groups is 1. The molecule has 2 amide bonds. The Kier molecular flexibility index (Phi) is 5.75. The van der Waals surface area contributed by atoms with Crippen LogP contribution in [0.4, 0.5) is 9.93 Å². The average Bonchev–Trinajstić information content (AvgIpc) is 2.89. The van der Waals surface area contributed by atoms with Crippen LogP contribution in [-0.2, 0) is 4.74 Å². The van der Waals surface area contributed by atoms with Crippen LogP contribution in [0.2, 0.25) is 0 Å². The van der Waals surface area contributed by atoms with Crippen molar-refractivity contribution in [1.29, 1.82) is 0 Å². The van der Waals surface area contributed by atoms with Crippen LogP contribution in [0.5, 0.6) is 0 Å². The molecule has 0 saturated carbocycles. The predicted molar refractivity (Wildman–Crippen MR) is 80.2 cm³/mol. The summed E-state index contributed by atoms with van der Waals surface area (Å²) in [6, 6.07) is -0.232. The number of hydrogen-bond donors (Lipinski definition) is 2. The number of nitrogens with zero attached hydrogens (tertiary/aromatic N) is 2. The van der Waals surface area contributed by atoms with E-state index in [2.05, 4.69) is 34.4 Å². The smallest absolute Gasteiger partial charge is 0.321 e. The van der Waals surface area contributed by atoms with E-state index in [-0.39, 0.29) is 12.1 Å². The Bertz CT molecular complexity index is 411. The van der Waals surface area contributed by atoms with Crippen LogP contribution in [0.1, 0.15) is 13.8 Å². The van der Waals surface area contributed by atoms with Crippen molar-refractivity contribution in [2.75, 3.05) is 38.1 Å². The van der Waals surface area contributed by atoms with Crippen molar-refractivity contribution >= 4 is 22.5 Å². The molecule has 1 aromatic heterocycles. The summed E-state index contributed by atoms with van der Waals surface area (Å²) in [4.78, 5) is 18.1. The molecule has 0 radical (unpaired) electrons. The number of rotatable bonds is 5. The number of nitrogens with one attached hydrogen (secondary N) is 2. The predicted octanol–water partition coefficient (Wildman–Crippen LogP) is 1.62. The lowest BCUT2D eigenvalue weighted by Gasteiger charge is -2.33. The maximum atomic E-state index is 11.7. The van der Waals surface area contributed by atoms with E-state index in [1.54, 1.807) is 6.20 Å². The maximum absolute atomic E-state index is 11.7. The van der Waals surface area contributed by atoms with E-state index in [1.807, 2.05) is 5.38 Å². The first-order valence-electron chi connectivity index (χ1n) is 6.92. The molecule has 2 rings (SSSR count). The zero-order valence-corrected chi connectivity index (χ0v) is 12.8. The molecule has 2 N–H and O–H groups in total. The fraction of sp³-hybridized carbons (Fsp3) is 0.692. The van der Waals surface area contributed by atoms with Gasteiger partial charge in [-0.2, -0.15) is 0 Å². The van der Waals surface area contributed by atoms with Crippen LogP contribution in [-0.4, -0.2) is 54.8 Å². The molecule has 1 aromatic rings. The monoisotopic (exact) mass is 298 g/mol. The number of ether oxygens (including phenoxy) is 1. The summed E-state index contributed by atoms with van der Waals surface area (Å²) >= 11 is 1.40. The highest BCUT2D eigenvalue weighted by atomic mass is 32.1. The third-order valence-electron chi connectivity index (χ3n) is 2.99. The SMILES string of the molecule is CC(C)CN1CCO[C@@H](CNC(=O)Nc2nccs2)C1. The molecular weight excluding hydrogens is 276 g/mol. The average molecular weight is 298 g/mol. The summed E-state index contributed by atoms with van der Waals surface area (Å²) in [6.45, 7) is 8.59. The molecule has 1 aliphatic rings. The fourth-order valence-corrected chi connectivity index (χ4v) is 2.74. The van der Waals surface area contributed by atoms with Crippen molar-refractivity contribution in [1.82, 2.24) is 15.2 Å². The van der Waals surface area contributed by atoms with Gasteiger partial charge in [0.1, 0.15) is 0 Å². The number of aromatic nitrogens is 1. The summed E-state index contributed by atoms with van der Waals surface area (Å²) in [7, 11) is 0. The Balaban J connectivity index is 1.69. The number of thiazole rings is 1. The van der Waals surface area contributed by atoms with Crippen LogP contribution in [0.3, 0.4) is 0 Å². The Morgan fingerprint density at radius 1 is 1.65 bits per heavy atom. The third-order valence-corrected chi connectivity index (χ3v) is 3.68. The molecule has 0 spiro atoms. The van der Waals surface area contributed by atoms with Crippen LogP contribution in [0, 0.1) is 5.92 Å². The van der Waals surface area contributed by atoms with Gasteiger partial charge in [-0.05, 0) is 5.92 Å². The number of carbonyl (C=O) groups excluding carboxylic acids is 1. The summed E-state index contributed by atoms with van der Waals surface area (Å²) in [5.41, 5.74) is 0. The first kappa shape index (κ1) is 15.2. The molecular formula is C13H22N4O2S. The quantitative estimate of drug-likeness (QED) is 0.867. The number of anilines is 1. The Morgan fingerprint density at radius 3 is 3.20 bits per heavy atom. The van der Waals surface area contributed by atoms with Crippen molar-refractivity contribution in [3.8, 4) is 0 Å². The van der Waals surface area contributed by atoms with Crippen molar-refractivity contribution in [3.63, 3.8) is 0 Å². The molecule has 1 atom stereocenters. The van der Waals surface area contributed by atoms with Gasteiger partial charge >= 0.3 is 6.03 Å². The van der Waals surface area contributed by atoms with Crippen LogP contribution < -0.4 is 10.6 Å². The van der Waals surface area contributed by atoms with Crippen molar-refractivity contribution in [2.45, 2.75) is 20.0 Å². The fourth-order valence-electron chi connectivity index (χ4n) is 2.22. The lowest BCUT2D eigenvalue weighted by molar-refractivity contribution is -0.0288. The standard InChI is InChI=1S/C13H22N4O2S/c1-10(2)8-17-4-5-19-11(9-17)7-15-12(18)16-13-14-3-6-20-13/h3,6,10-11H,4-5,7-9H2,1-2H3,(H2,14,15,16,18)/t11-/m0/s1. The summed E-state index contributed by atoms with van der Waals surface area (Å²) in [6.07, 6.45) is 1.72. The Morgan fingerprint density at radius 2 is 2.50 bits per heavy atom. The second-order valence-corrected chi connectivity index (χ2v) is 6.21. The first-order valence-corrected chi connectivity index (χ1v) is 7.79. The molecule has 0 unspecified atom stereocenters. The van der Waals surface area contributed by atoms with E-state index in [9.17, 15) is 4.79 Å². The van der Waals surface area contributed by atoms with Gasteiger partial charge in [0, 0.05) is 37.8 Å². The molecule has 1 fully saturated rings. The molecule has 0 aliphatic carbocycles. The van der Waals surface area contributed by atoms with Gasteiger partial charge in [0.25, 0.3) is 0 Å². The molecule has 1 saturated heterocycles. The van der Waals surface area contributed by atoms with Crippen molar-refractivity contribution < 1.29 is 9.53 Å². The molecule has 2 heterocycles. The molecule has 112 valence electrons. The van der Waals surface area contributed by atoms with E-state index < -0.39 is 0 Å². The van der Waals surface area contributed by atoms with E-state index >= 15 is 0 Å². The van der Waals surface area contributed by atoms with Gasteiger partial charge < -0.3 is 10.1 Å². The minimum atomic E-state index is -0.232. The second kappa shape index (κ2) is 7.56. The van der Waals surface area contributed by atoms with Gasteiger partial charge in [0.15, 0.2) is 5.13 Å². The van der Waals surface area contributed by atoms with Gasteiger partial charge in [0.2, 0.25) is 0 Å². The minimum Gasteiger partial charge on any atom is -0.374 e. The van der Waals surface area contributed by atoms with Crippen molar-refractivity contribution in [3.05, 3.63) is 11.6 Å². The molecule has 20 heavy (non-hydrogen) atoms. The highest BCUT2D eigenvalue weighted by Crippen LogP contribution is 2.10. The number of morpholine rings is 1. The number of amides is 2. The maximum Gasteiger partial charge on any atom is 0.321 e. The lowest BCUT2D eigenvalue weighted by atomic mass is 10.2. The number of urea groups is 1. The van der Waals surface area contributed by atoms with Gasteiger partial charge in [-0.15, -0.1) is 11.3 Å². The largest absolute Gasteiger partial charge is 0.374 e. The van der Waals surface area contributed by atoms with Crippen LogP contribution >= 0.6 is 11.3 Å². The normalized spacial score (nSPS) is 20.1. The third kappa shape index (κ3) is 5.07. The highest BCUT2D eigenvalue weighted by Gasteiger charge is 2.21. The van der Waals surface area contributed by atoms with Gasteiger partial charge in [-0.3, -0.25) is 10.2 Å². The first-order chi connectivity index (χ1) is 9.63. The second-order valence-electron chi connectivity index (χ2n) is 5.32. The summed E-state index contributed by atoms with van der Waals surface area (Å²) in [5.74, 6) is 0.648.